The second-order valence-corrected chi connectivity index (χ2v) is 10.4. The lowest BCUT2D eigenvalue weighted by molar-refractivity contribution is -0.145. The van der Waals surface area contributed by atoms with Crippen LogP contribution in [-0.2, 0) is 9.53 Å². The predicted octanol–water partition coefficient (Wildman–Crippen LogP) is 4.25. The van der Waals surface area contributed by atoms with Crippen LogP contribution in [0.2, 0.25) is 0 Å². The Hall–Kier alpha value is -4.96. The van der Waals surface area contributed by atoms with Gasteiger partial charge in [0.15, 0.2) is 0 Å². The number of carbonyl (C=O) groups excluding carboxylic acids is 2. The summed E-state index contributed by atoms with van der Waals surface area (Å²) in [5.74, 6) is -3.08. The second kappa shape index (κ2) is 10.5. The van der Waals surface area contributed by atoms with Gasteiger partial charge in [-0.05, 0) is 73.5 Å². The van der Waals surface area contributed by atoms with Gasteiger partial charge in [0, 0.05) is 17.5 Å². The molecule has 10 heteroatoms. The number of aromatic carboxylic acids is 1. The number of allylic oxidation sites excluding steroid dienone is 1. The molecule has 0 spiro atoms. The van der Waals surface area contributed by atoms with Crippen molar-refractivity contribution in [2.75, 3.05) is 6.61 Å². The van der Waals surface area contributed by atoms with Gasteiger partial charge in [0.05, 0.1) is 22.4 Å². The van der Waals surface area contributed by atoms with Crippen LogP contribution in [0.5, 0.6) is 0 Å². The first-order valence-electron chi connectivity index (χ1n) is 12.9. The number of benzene rings is 2. The van der Waals surface area contributed by atoms with Crippen molar-refractivity contribution in [1.29, 1.82) is 5.41 Å². The molecule has 0 bridgehead atoms. The molecular formula is C31H28N4O6. The summed E-state index contributed by atoms with van der Waals surface area (Å²) in [5, 5.41) is 30.5. The van der Waals surface area contributed by atoms with E-state index in [0.717, 1.165) is 22.9 Å². The number of nitrogens with one attached hydrogen (secondary N) is 2. The van der Waals surface area contributed by atoms with Gasteiger partial charge in [0.25, 0.3) is 5.91 Å². The van der Waals surface area contributed by atoms with Crippen molar-refractivity contribution >= 4 is 47.4 Å². The number of rotatable bonds is 9. The maximum Gasteiger partial charge on any atom is 0.336 e. The predicted molar refractivity (Wildman–Crippen MR) is 154 cm³/mol. The van der Waals surface area contributed by atoms with E-state index < -0.39 is 34.9 Å². The van der Waals surface area contributed by atoms with Crippen molar-refractivity contribution < 1.29 is 29.3 Å². The van der Waals surface area contributed by atoms with Gasteiger partial charge in [-0.2, -0.15) is 0 Å². The molecule has 0 aliphatic heterocycles. The Balaban J connectivity index is 1.47. The summed E-state index contributed by atoms with van der Waals surface area (Å²) in [6, 6.07) is 13.6. The van der Waals surface area contributed by atoms with Gasteiger partial charge in [0.1, 0.15) is 17.8 Å². The summed E-state index contributed by atoms with van der Waals surface area (Å²) in [6.07, 6.45) is 6.71. The molecule has 2 unspecified atom stereocenters. The van der Waals surface area contributed by atoms with Crippen molar-refractivity contribution in [3.8, 4) is 11.1 Å². The lowest BCUT2D eigenvalue weighted by Crippen LogP contribution is -2.46. The summed E-state index contributed by atoms with van der Waals surface area (Å²) in [4.78, 5) is 47.1. The average molecular weight is 553 g/mol. The molecule has 1 aromatic heterocycles. The number of aliphatic imine (C=N–C) groups is 1. The summed E-state index contributed by atoms with van der Waals surface area (Å²) >= 11 is 0. The third-order valence-corrected chi connectivity index (χ3v) is 7.40. The van der Waals surface area contributed by atoms with Crippen LogP contribution in [0.1, 0.15) is 40.6 Å². The third-order valence-electron chi connectivity index (χ3n) is 7.40. The highest BCUT2D eigenvalue weighted by molar-refractivity contribution is 6.07. The Kier molecular flexibility index (Phi) is 7.10. The number of hydrogen-bond donors (Lipinski definition) is 4. The highest BCUT2D eigenvalue weighted by Gasteiger charge is 2.63. The van der Waals surface area contributed by atoms with E-state index in [9.17, 15) is 24.6 Å². The molecule has 4 N–H and O–H groups in total. The van der Waals surface area contributed by atoms with E-state index in [1.807, 2.05) is 18.2 Å². The first-order chi connectivity index (χ1) is 19.6. The molecule has 208 valence electrons. The number of pyridine rings is 1. The minimum absolute atomic E-state index is 0.112. The van der Waals surface area contributed by atoms with E-state index in [-0.39, 0.29) is 24.3 Å². The molecule has 1 heterocycles. The van der Waals surface area contributed by atoms with Crippen LogP contribution in [0.3, 0.4) is 0 Å². The Morgan fingerprint density at radius 1 is 1.20 bits per heavy atom. The van der Waals surface area contributed by atoms with Crippen LogP contribution >= 0.6 is 0 Å². The molecule has 5 rings (SSSR count). The van der Waals surface area contributed by atoms with E-state index in [0.29, 0.717) is 23.0 Å². The number of aromatic nitrogens is 1. The molecule has 1 saturated carbocycles. The Morgan fingerprint density at radius 3 is 2.56 bits per heavy atom. The maximum absolute atomic E-state index is 13.5. The van der Waals surface area contributed by atoms with Crippen LogP contribution in [0.25, 0.3) is 22.0 Å². The Labute approximate surface area is 235 Å². The summed E-state index contributed by atoms with van der Waals surface area (Å²) in [7, 11) is 0. The molecule has 0 radical (unpaired) electrons. The van der Waals surface area contributed by atoms with Gasteiger partial charge in [-0.1, -0.05) is 36.4 Å². The summed E-state index contributed by atoms with van der Waals surface area (Å²) in [6.45, 7) is 4.92. The molecule has 41 heavy (non-hydrogen) atoms. The third kappa shape index (κ3) is 5.42. The van der Waals surface area contributed by atoms with Crippen molar-refractivity contribution in [1.82, 2.24) is 10.3 Å². The van der Waals surface area contributed by atoms with Crippen molar-refractivity contribution in [2.45, 2.75) is 30.9 Å². The van der Waals surface area contributed by atoms with Gasteiger partial charge < -0.3 is 25.7 Å². The normalized spacial score (nSPS) is 22.9. The van der Waals surface area contributed by atoms with Crippen molar-refractivity contribution in [3.05, 3.63) is 83.6 Å². The van der Waals surface area contributed by atoms with Crippen LogP contribution in [-0.4, -0.2) is 63.7 Å². The molecule has 3 atom stereocenters. The zero-order chi connectivity index (χ0) is 29.4. The minimum atomic E-state index is -1.41. The smallest absolute Gasteiger partial charge is 0.336 e. The molecule has 1 fully saturated rings. The maximum atomic E-state index is 13.5. The number of carbonyl (C=O) groups is 3. The van der Waals surface area contributed by atoms with E-state index in [4.69, 9.17) is 10.1 Å². The molecule has 0 saturated heterocycles. The SMILES string of the molecule is C=Nc1ccc(-c2ccc3nc(C(=O)N[C@]4(C(=O)OCC=N)CC4C4=CCC(C)(O)C=C4)cc(C(=O)O)c3c2)cc1. The van der Waals surface area contributed by atoms with Crippen molar-refractivity contribution in [3.63, 3.8) is 0 Å². The minimum Gasteiger partial charge on any atom is -0.478 e. The Bertz CT molecular complexity index is 1660. The fourth-order valence-corrected chi connectivity index (χ4v) is 5.05. The van der Waals surface area contributed by atoms with Crippen LogP contribution in [0.15, 0.2) is 77.3 Å². The Morgan fingerprint density at radius 2 is 1.93 bits per heavy atom. The van der Waals surface area contributed by atoms with Gasteiger partial charge >= 0.3 is 11.9 Å². The molecule has 2 aliphatic carbocycles. The lowest BCUT2D eigenvalue weighted by atomic mass is 9.91. The number of nitrogens with zero attached hydrogens (tertiary/aromatic N) is 2. The number of carboxylic acid groups (broad SMARTS) is 1. The number of aliphatic hydroxyl groups is 1. The largest absolute Gasteiger partial charge is 0.478 e. The van der Waals surface area contributed by atoms with Crippen LogP contribution in [0, 0.1) is 11.3 Å². The fraction of sp³-hybridized carbons (Fsp3) is 0.226. The van der Waals surface area contributed by atoms with Gasteiger partial charge in [0.2, 0.25) is 0 Å². The van der Waals surface area contributed by atoms with Gasteiger partial charge in [-0.15, -0.1) is 0 Å². The molecule has 10 nitrogen and oxygen atoms in total. The standard InChI is InChI=1S/C31H28N4O6/c1-30(40)11-9-19(10-12-30)24-17-31(24,29(39)41-14-13-32)35-27(36)26-16-23(28(37)38)22-15-20(5-8-25(22)34-26)18-3-6-21(33-2)7-4-18/h3-11,13,15-16,24,32,40H,2,12,14,17H2,1H3,(H,35,36)(H,37,38)/t24?,30?,31-/m1/s1. The summed E-state index contributed by atoms with van der Waals surface area (Å²) in [5.41, 5.74) is 0.700. The zero-order valence-corrected chi connectivity index (χ0v) is 22.3. The number of fused-ring (bicyclic) bond motifs is 1. The number of hydrogen-bond acceptors (Lipinski definition) is 8. The average Bonchev–Trinajstić information content (AvgIpc) is 3.69. The monoisotopic (exact) mass is 552 g/mol. The fourth-order valence-electron chi connectivity index (χ4n) is 5.05. The lowest BCUT2D eigenvalue weighted by Gasteiger charge is -2.23. The molecule has 3 aromatic rings. The van der Waals surface area contributed by atoms with Gasteiger partial charge in [-0.3, -0.25) is 9.79 Å². The molecular weight excluding hydrogens is 524 g/mol. The number of carboxylic acids is 1. The van der Waals surface area contributed by atoms with Crippen LogP contribution in [0.4, 0.5) is 5.69 Å². The molecule has 2 aliphatic rings. The highest BCUT2D eigenvalue weighted by atomic mass is 16.5. The van der Waals surface area contributed by atoms with E-state index in [1.165, 1.54) is 6.07 Å². The van der Waals surface area contributed by atoms with Crippen LogP contribution < -0.4 is 5.32 Å². The van der Waals surface area contributed by atoms with E-state index in [2.05, 4.69) is 22.0 Å². The number of amides is 1. The highest BCUT2D eigenvalue weighted by Crippen LogP contribution is 2.51. The number of ether oxygens (including phenoxy) is 1. The van der Waals surface area contributed by atoms with E-state index >= 15 is 0 Å². The first kappa shape index (κ1) is 27.6. The quantitative estimate of drug-likeness (QED) is 0.228. The topological polar surface area (TPSA) is 162 Å². The second-order valence-electron chi connectivity index (χ2n) is 10.4. The number of esters is 1. The molecule has 1 amide bonds. The summed E-state index contributed by atoms with van der Waals surface area (Å²) < 4.78 is 5.20. The van der Waals surface area contributed by atoms with Gasteiger partial charge in [-0.25, -0.2) is 14.6 Å². The zero-order valence-electron chi connectivity index (χ0n) is 22.3. The molecule has 2 aromatic carbocycles. The van der Waals surface area contributed by atoms with E-state index in [1.54, 1.807) is 49.4 Å². The van der Waals surface area contributed by atoms with Crippen molar-refractivity contribution in [2.24, 2.45) is 10.9 Å². The first-order valence-corrected chi connectivity index (χ1v) is 12.9.